The van der Waals surface area contributed by atoms with E-state index in [0.717, 1.165) is 5.56 Å². The minimum absolute atomic E-state index is 0.371. The van der Waals surface area contributed by atoms with E-state index in [0.29, 0.717) is 6.42 Å². The molecule has 3 heteroatoms. The molecule has 15 heavy (non-hydrogen) atoms. The zero-order valence-corrected chi connectivity index (χ0v) is 9.57. The Labute approximate surface area is 91.2 Å². The fourth-order valence-corrected chi connectivity index (χ4v) is 1.10. The molecule has 3 nitrogen and oxygen atoms in total. The van der Waals surface area contributed by atoms with Crippen LogP contribution in [0.4, 0.5) is 0 Å². The number of rotatable bonds is 3. The van der Waals surface area contributed by atoms with Crippen LogP contribution >= 0.6 is 0 Å². The van der Waals surface area contributed by atoms with Crippen LogP contribution in [0.15, 0.2) is 30.3 Å². The van der Waals surface area contributed by atoms with Crippen LogP contribution in [0.25, 0.3) is 0 Å². The maximum absolute atomic E-state index is 11.0. The van der Waals surface area contributed by atoms with E-state index in [2.05, 4.69) is 4.74 Å². The Balaban J connectivity index is 0.000000921. The van der Waals surface area contributed by atoms with Gasteiger partial charge in [-0.25, -0.2) is 0 Å². The monoisotopic (exact) mass is 209 g/mol. The van der Waals surface area contributed by atoms with E-state index in [1.165, 1.54) is 7.11 Å². The van der Waals surface area contributed by atoms with Crippen molar-refractivity contribution >= 4 is 5.97 Å². The number of esters is 1. The van der Waals surface area contributed by atoms with Gasteiger partial charge >= 0.3 is 5.97 Å². The van der Waals surface area contributed by atoms with Crippen LogP contribution in [0, 0.1) is 0 Å². The van der Waals surface area contributed by atoms with Crippen molar-refractivity contribution in [2.75, 3.05) is 7.11 Å². The number of ether oxygens (including phenoxy) is 1. The van der Waals surface area contributed by atoms with Gasteiger partial charge in [0.1, 0.15) is 6.04 Å². The van der Waals surface area contributed by atoms with Gasteiger partial charge in [-0.2, -0.15) is 0 Å². The highest BCUT2D eigenvalue weighted by atomic mass is 16.5. The molecule has 1 rings (SSSR count). The topological polar surface area (TPSA) is 52.3 Å². The molecule has 0 radical (unpaired) electrons. The lowest BCUT2D eigenvalue weighted by Crippen LogP contribution is -2.33. The van der Waals surface area contributed by atoms with Crippen molar-refractivity contribution in [1.82, 2.24) is 0 Å². The molecule has 0 saturated carbocycles. The first-order valence-corrected chi connectivity index (χ1v) is 5.11. The molecule has 0 fully saturated rings. The maximum Gasteiger partial charge on any atom is 0.322 e. The van der Waals surface area contributed by atoms with Crippen LogP contribution in [-0.2, 0) is 16.0 Å². The van der Waals surface area contributed by atoms with Gasteiger partial charge in [0.25, 0.3) is 0 Å². The van der Waals surface area contributed by atoms with Crippen molar-refractivity contribution in [2.45, 2.75) is 26.3 Å². The quantitative estimate of drug-likeness (QED) is 0.772. The molecule has 0 saturated heterocycles. The van der Waals surface area contributed by atoms with E-state index >= 15 is 0 Å². The van der Waals surface area contributed by atoms with Gasteiger partial charge in [0, 0.05) is 0 Å². The van der Waals surface area contributed by atoms with Crippen LogP contribution in [0.2, 0.25) is 0 Å². The van der Waals surface area contributed by atoms with Crippen molar-refractivity contribution in [2.24, 2.45) is 5.73 Å². The Hall–Kier alpha value is -1.35. The summed E-state index contributed by atoms with van der Waals surface area (Å²) in [5, 5.41) is 0. The van der Waals surface area contributed by atoms with E-state index in [9.17, 15) is 4.79 Å². The number of hydrogen-bond acceptors (Lipinski definition) is 3. The average Bonchev–Trinajstić information content (AvgIpc) is 2.32. The van der Waals surface area contributed by atoms with Gasteiger partial charge in [0.05, 0.1) is 7.11 Å². The van der Waals surface area contributed by atoms with Crippen molar-refractivity contribution in [3.8, 4) is 0 Å². The van der Waals surface area contributed by atoms with Crippen LogP contribution in [0.5, 0.6) is 0 Å². The summed E-state index contributed by atoms with van der Waals surface area (Å²) in [6.45, 7) is 4.00. The first-order chi connectivity index (χ1) is 7.24. The fraction of sp³-hybridized carbons (Fsp3) is 0.417. The molecule has 0 aliphatic heterocycles. The first-order valence-electron chi connectivity index (χ1n) is 5.11. The highest BCUT2D eigenvalue weighted by molar-refractivity contribution is 5.75. The third-order valence-electron chi connectivity index (χ3n) is 1.80. The summed E-state index contributed by atoms with van der Waals surface area (Å²) in [6.07, 6.45) is 0.521. The average molecular weight is 209 g/mol. The number of nitrogens with two attached hydrogens (primary N) is 1. The minimum Gasteiger partial charge on any atom is -0.468 e. The Kier molecular flexibility index (Phi) is 7.28. The van der Waals surface area contributed by atoms with Gasteiger partial charge in [0.2, 0.25) is 0 Å². The predicted molar refractivity (Wildman–Crippen MR) is 61.5 cm³/mol. The number of benzene rings is 1. The number of hydrogen-bond donors (Lipinski definition) is 1. The van der Waals surface area contributed by atoms with Crippen molar-refractivity contribution in [3.63, 3.8) is 0 Å². The molecular weight excluding hydrogens is 190 g/mol. The van der Waals surface area contributed by atoms with Gasteiger partial charge in [-0.1, -0.05) is 44.2 Å². The van der Waals surface area contributed by atoms with Crippen LogP contribution in [0.3, 0.4) is 0 Å². The second-order valence-electron chi connectivity index (χ2n) is 2.82. The van der Waals surface area contributed by atoms with Crippen LogP contribution in [-0.4, -0.2) is 19.1 Å². The smallest absolute Gasteiger partial charge is 0.322 e. The Bertz CT molecular complexity index is 272. The van der Waals surface area contributed by atoms with Gasteiger partial charge in [-0.05, 0) is 12.0 Å². The van der Waals surface area contributed by atoms with E-state index in [-0.39, 0.29) is 5.97 Å². The third kappa shape index (κ3) is 5.18. The molecule has 0 aliphatic carbocycles. The summed E-state index contributed by atoms with van der Waals surface area (Å²) in [4.78, 5) is 11.0. The molecule has 0 aliphatic rings. The molecule has 0 aromatic heterocycles. The highest BCUT2D eigenvalue weighted by Gasteiger charge is 2.13. The van der Waals surface area contributed by atoms with E-state index < -0.39 is 6.04 Å². The van der Waals surface area contributed by atoms with Gasteiger partial charge in [0.15, 0.2) is 0 Å². The largest absolute Gasteiger partial charge is 0.468 e. The van der Waals surface area contributed by atoms with Gasteiger partial charge < -0.3 is 10.5 Å². The summed E-state index contributed by atoms with van der Waals surface area (Å²) in [6, 6.07) is 9.06. The number of carbonyl (C=O) groups excluding carboxylic acids is 1. The normalized spacial score (nSPS) is 10.9. The summed E-state index contributed by atoms with van der Waals surface area (Å²) in [5.74, 6) is -0.371. The van der Waals surface area contributed by atoms with Crippen molar-refractivity contribution < 1.29 is 9.53 Å². The van der Waals surface area contributed by atoms with Crippen molar-refractivity contribution in [3.05, 3.63) is 35.9 Å². The zero-order valence-electron chi connectivity index (χ0n) is 9.57. The molecule has 84 valence electrons. The second kappa shape index (κ2) is 8.00. The lowest BCUT2D eigenvalue weighted by atomic mass is 10.1. The first kappa shape index (κ1) is 13.7. The molecule has 1 aromatic carbocycles. The fourth-order valence-electron chi connectivity index (χ4n) is 1.10. The van der Waals surface area contributed by atoms with Crippen LogP contribution < -0.4 is 5.73 Å². The summed E-state index contributed by atoms with van der Waals surface area (Å²) in [7, 11) is 1.34. The standard InChI is InChI=1S/C10H13NO2.C2H6/c1-13-10(12)9(11)7-8-5-3-2-4-6-8;1-2/h2-6,9H,7,11H2,1H3;1-2H3/t9-;/m1./s1. The molecule has 0 amide bonds. The molecule has 0 bridgehead atoms. The van der Waals surface area contributed by atoms with Gasteiger partial charge in [-0.15, -0.1) is 0 Å². The summed E-state index contributed by atoms with van der Waals surface area (Å²) in [5.41, 5.74) is 6.63. The van der Waals surface area contributed by atoms with Gasteiger partial charge in [-0.3, -0.25) is 4.79 Å². The van der Waals surface area contributed by atoms with Crippen molar-refractivity contribution in [1.29, 1.82) is 0 Å². The Morgan fingerprint density at radius 3 is 2.33 bits per heavy atom. The molecule has 0 heterocycles. The maximum atomic E-state index is 11.0. The highest BCUT2D eigenvalue weighted by Crippen LogP contribution is 2.02. The van der Waals surface area contributed by atoms with E-state index in [1.54, 1.807) is 0 Å². The Morgan fingerprint density at radius 2 is 1.87 bits per heavy atom. The summed E-state index contributed by atoms with van der Waals surface area (Å²) < 4.78 is 4.52. The lowest BCUT2D eigenvalue weighted by molar-refractivity contribution is -0.142. The van der Waals surface area contributed by atoms with E-state index in [1.807, 2.05) is 44.2 Å². The molecule has 0 unspecified atom stereocenters. The van der Waals surface area contributed by atoms with Crippen LogP contribution in [0.1, 0.15) is 19.4 Å². The van der Waals surface area contributed by atoms with E-state index in [4.69, 9.17) is 5.73 Å². The number of methoxy groups -OCH3 is 1. The second-order valence-corrected chi connectivity index (χ2v) is 2.82. The molecule has 2 N–H and O–H groups in total. The SMILES string of the molecule is CC.COC(=O)[C@H](N)Cc1ccccc1. The minimum atomic E-state index is -0.563. The zero-order chi connectivity index (χ0) is 11.7. The Morgan fingerprint density at radius 1 is 1.33 bits per heavy atom. The molecule has 1 aromatic rings. The molecule has 0 spiro atoms. The lowest BCUT2D eigenvalue weighted by Gasteiger charge is -2.08. The third-order valence-corrected chi connectivity index (χ3v) is 1.80. The molecule has 1 atom stereocenters. The number of carbonyl (C=O) groups is 1. The molecular formula is C12H19NO2. The predicted octanol–water partition coefficient (Wildman–Crippen LogP) is 1.76. The summed E-state index contributed by atoms with van der Waals surface area (Å²) >= 11 is 0.